The molecule has 0 atom stereocenters. The highest BCUT2D eigenvalue weighted by atomic mass is 35.5. The molecule has 0 saturated heterocycles. The van der Waals surface area contributed by atoms with Gasteiger partial charge in [-0.15, -0.1) is 0 Å². The number of carbonyl (C=O) groups excluding carboxylic acids is 1. The minimum absolute atomic E-state index is 0.0232. The van der Waals surface area contributed by atoms with Crippen molar-refractivity contribution in [2.75, 3.05) is 5.32 Å². The molecular weight excluding hydrogens is 426 g/mol. The van der Waals surface area contributed by atoms with Crippen LogP contribution in [-0.4, -0.2) is 25.5 Å². The zero-order chi connectivity index (χ0) is 21.5. The molecule has 0 unspecified atom stereocenters. The Balaban J connectivity index is 1.47. The van der Waals surface area contributed by atoms with Gasteiger partial charge in [0.15, 0.2) is 11.5 Å². The first-order valence-electron chi connectivity index (χ1n) is 9.12. The van der Waals surface area contributed by atoms with E-state index in [1.165, 1.54) is 16.9 Å². The minimum Gasteiger partial charge on any atom is -0.306 e. The second-order valence-electron chi connectivity index (χ2n) is 7.05. The van der Waals surface area contributed by atoms with Crippen LogP contribution in [0.4, 0.5) is 23.4 Å². The molecule has 1 aromatic carbocycles. The average Bonchev–Trinajstić information content (AvgIpc) is 3.33. The van der Waals surface area contributed by atoms with Crippen molar-refractivity contribution in [2.24, 2.45) is 0 Å². The van der Waals surface area contributed by atoms with Crippen molar-refractivity contribution in [3.05, 3.63) is 64.3 Å². The lowest BCUT2D eigenvalue weighted by molar-refractivity contribution is -0.141. The predicted octanol–water partition coefficient (Wildman–Crippen LogP) is 4.46. The van der Waals surface area contributed by atoms with E-state index in [0.717, 1.165) is 23.6 Å². The van der Waals surface area contributed by atoms with Crippen LogP contribution in [0.5, 0.6) is 0 Å². The van der Waals surface area contributed by atoms with Crippen molar-refractivity contribution in [3.63, 3.8) is 0 Å². The second kappa shape index (κ2) is 7.75. The molecule has 1 amide bonds. The molecule has 1 aliphatic carbocycles. The number of benzene rings is 1. The van der Waals surface area contributed by atoms with Crippen molar-refractivity contribution < 1.29 is 22.4 Å². The maximum atomic E-state index is 13.8. The van der Waals surface area contributed by atoms with E-state index in [9.17, 15) is 22.4 Å². The van der Waals surface area contributed by atoms with Gasteiger partial charge in [-0.3, -0.25) is 14.2 Å². The molecule has 1 saturated carbocycles. The third kappa shape index (κ3) is 4.48. The molecule has 11 heteroatoms. The first kappa shape index (κ1) is 20.4. The van der Waals surface area contributed by atoms with E-state index in [1.54, 1.807) is 18.2 Å². The number of aromatic nitrogens is 4. The van der Waals surface area contributed by atoms with Gasteiger partial charge >= 0.3 is 6.18 Å². The lowest BCUT2D eigenvalue weighted by Gasteiger charge is -2.07. The smallest absolute Gasteiger partial charge is 0.306 e. The van der Waals surface area contributed by atoms with Crippen molar-refractivity contribution in [1.29, 1.82) is 0 Å². The molecular formula is C19H16ClF4N5O. The second-order valence-corrected chi connectivity index (χ2v) is 7.45. The van der Waals surface area contributed by atoms with Crippen molar-refractivity contribution in [2.45, 2.75) is 38.0 Å². The van der Waals surface area contributed by atoms with Gasteiger partial charge in [-0.1, -0.05) is 29.8 Å². The van der Waals surface area contributed by atoms with E-state index in [4.69, 9.17) is 11.6 Å². The molecule has 0 bridgehead atoms. The number of carbonyl (C=O) groups is 1. The van der Waals surface area contributed by atoms with Gasteiger partial charge in [-0.25, -0.2) is 4.39 Å². The monoisotopic (exact) mass is 441 g/mol. The van der Waals surface area contributed by atoms with Gasteiger partial charge in [0.05, 0.1) is 6.54 Å². The van der Waals surface area contributed by atoms with Gasteiger partial charge in [-0.05, 0) is 25.0 Å². The number of nitrogens with zero attached hydrogens (tertiary/aromatic N) is 4. The molecule has 1 fully saturated rings. The van der Waals surface area contributed by atoms with E-state index in [0.29, 0.717) is 11.3 Å². The number of halogens is 5. The molecule has 30 heavy (non-hydrogen) atoms. The highest BCUT2D eigenvalue weighted by molar-refractivity contribution is 6.33. The Morgan fingerprint density at radius 2 is 1.97 bits per heavy atom. The normalized spacial score (nSPS) is 14.2. The first-order chi connectivity index (χ1) is 14.2. The SMILES string of the molecule is O=C(Cn1nc(C(F)(F)F)cc1C1CC1)Nc1nn(Cc2ccccc2F)cc1Cl. The summed E-state index contributed by atoms with van der Waals surface area (Å²) in [5.41, 5.74) is -0.252. The summed E-state index contributed by atoms with van der Waals surface area (Å²) in [6, 6.07) is 7.15. The highest BCUT2D eigenvalue weighted by Gasteiger charge is 2.38. The van der Waals surface area contributed by atoms with Crippen molar-refractivity contribution in [3.8, 4) is 0 Å². The summed E-state index contributed by atoms with van der Waals surface area (Å²) in [5.74, 6) is -1.01. The van der Waals surface area contributed by atoms with Crippen LogP contribution in [0.3, 0.4) is 0 Å². The lowest BCUT2D eigenvalue weighted by Crippen LogP contribution is -2.21. The number of hydrogen-bond donors (Lipinski definition) is 1. The Morgan fingerprint density at radius 1 is 1.23 bits per heavy atom. The molecule has 0 aliphatic heterocycles. The molecule has 0 spiro atoms. The summed E-state index contributed by atoms with van der Waals surface area (Å²) in [6.07, 6.45) is -1.64. The van der Waals surface area contributed by atoms with E-state index >= 15 is 0 Å². The highest BCUT2D eigenvalue weighted by Crippen LogP contribution is 2.42. The Hall–Kier alpha value is -2.88. The summed E-state index contributed by atoms with van der Waals surface area (Å²) in [4.78, 5) is 12.4. The Kier molecular flexibility index (Phi) is 5.27. The Morgan fingerprint density at radius 3 is 2.63 bits per heavy atom. The van der Waals surface area contributed by atoms with Crippen LogP contribution in [0.15, 0.2) is 36.5 Å². The third-order valence-corrected chi connectivity index (χ3v) is 4.93. The molecule has 6 nitrogen and oxygen atoms in total. The third-order valence-electron chi connectivity index (χ3n) is 4.66. The fraction of sp³-hybridized carbons (Fsp3) is 0.316. The van der Waals surface area contributed by atoms with Gasteiger partial charge in [-0.2, -0.15) is 23.4 Å². The maximum Gasteiger partial charge on any atom is 0.435 e. The lowest BCUT2D eigenvalue weighted by atomic mass is 10.2. The number of rotatable bonds is 6. The van der Waals surface area contributed by atoms with Crippen molar-refractivity contribution >= 4 is 23.3 Å². The quantitative estimate of drug-likeness (QED) is 0.575. The number of nitrogens with one attached hydrogen (secondary N) is 1. The van der Waals surface area contributed by atoms with E-state index in [-0.39, 0.29) is 23.3 Å². The molecule has 1 aliphatic rings. The topological polar surface area (TPSA) is 64.7 Å². The zero-order valence-electron chi connectivity index (χ0n) is 15.5. The Bertz CT molecular complexity index is 1090. The molecule has 1 N–H and O–H groups in total. The summed E-state index contributed by atoms with van der Waals surface area (Å²) in [7, 11) is 0. The van der Waals surface area contributed by atoms with Gasteiger partial charge < -0.3 is 5.32 Å². The summed E-state index contributed by atoms with van der Waals surface area (Å²) < 4.78 is 55.2. The van der Waals surface area contributed by atoms with Gasteiger partial charge in [0.25, 0.3) is 0 Å². The predicted molar refractivity (Wildman–Crippen MR) is 101 cm³/mol. The molecule has 2 aromatic heterocycles. The summed E-state index contributed by atoms with van der Waals surface area (Å²) in [6.45, 7) is -0.305. The minimum atomic E-state index is -4.58. The van der Waals surface area contributed by atoms with Gasteiger partial charge in [0.2, 0.25) is 5.91 Å². The van der Waals surface area contributed by atoms with Crippen LogP contribution in [0.25, 0.3) is 0 Å². The molecule has 4 rings (SSSR count). The van der Waals surface area contributed by atoms with Crippen LogP contribution in [-0.2, 0) is 24.1 Å². The largest absolute Gasteiger partial charge is 0.435 e. The van der Waals surface area contributed by atoms with E-state index in [2.05, 4.69) is 15.5 Å². The van der Waals surface area contributed by atoms with Gasteiger partial charge in [0.1, 0.15) is 17.4 Å². The Labute approximate surface area is 173 Å². The van der Waals surface area contributed by atoms with Crippen LogP contribution >= 0.6 is 11.6 Å². The van der Waals surface area contributed by atoms with Crippen molar-refractivity contribution in [1.82, 2.24) is 19.6 Å². The maximum absolute atomic E-state index is 13.8. The number of alkyl halides is 3. The van der Waals surface area contributed by atoms with E-state index in [1.807, 2.05) is 0 Å². The van der Waals surface area contributed by atoms with Crippen LogP contribution < -0.4 is 5.32 Å². The van der Waals surface area contributed by atoms with Gasteiger partial charge in [0, 0.05) is 23.4 Å². The summed E-state index contributed by atoms with van der Waals surface area (Å²) >= 11 is 6.09. The molecule has 3 aromatic rings. The zero-order valence-corrected chi connectivity index (χ0v) is 16.2. The van der Waals surface area contributed by atoms with Crippen LogP contribution in [0, 0.1) is 5.82 Å². The van der Waals surface area contributed by atoms with E-state index < -0.39 is 30.1 Å². The average molecular weight is 442 g/mol. The standard InChI is InChI=1S/C19H16ClF4N5O/c20-13-9-28(8-12-3-1-2-4-14(12)21)27-18(13)25-17(30)10-29-15(11-5-6-11)7-16(26-29)19(22,23)24/h1-4,7,9,11H,5-6,8,10H2,(H,25,27,30). The van der Waals surface area contributed by atoms with Crippen LogP contribution in [0.2, 0.25) is 5.02 Å². The van der Waals surface area contributed by atoms with Crippen LogP contribution in [0.1, 0.15) is 35.7 Å². The number of anilines is 1. The number of hydrogen-bond acceptors (Lipinski definition) is 3. The first-order valence-corrected chi connectivity index (χ1v) is 9.49. The molecule has 158 valence electrons. The summed E-state index contributed by atoms with van der Waals surface area (Å²) in [5, 5.41) is 10.3. The number of amides is 1. The fourth-order valence-corrected chi connectivity index (χ4v) is 3.27. The molecule has 0 radical (unpaired) electrons. The molecule has 2 heterocycles. The fourth-order valence-electron chi connectivity index (χ4n) is 3.08.